The Labute approximate surface area is 159 Å². The van der Waals surface area contributed by atoms with Gasteiger partial charge < -0.3 is 15.4 Å². The Morgan fingerprint density at radius 1 is 1.31 bits per heavy atom. The standard InChI is InChI=1S/C20H25N3O2S/c1-15(21)19(26-16(2)24)14-17-7-9-18(10-8-17)25-13-12-23(3)20-6-4-5-11-22-20/h4-11,19H,1,12-14,21H2,2-3H3. The van der Waals surface area contributed by atoms with Crippen LogP contribution in [0.5, 0.6) is 5.75 Å². The molecule has 26 heavy (non-hydrogen) atoms. The lowest BCUT2D eigenvalue weighted by molar-refractivity contribution is -0.109. The summed E-state index contributed by atoms with van der Waals surface area (Å²) >= 11 is 1.22. The van der Waals surface area contributed by atoms with Gasteiger partial charge in [-0.3, -0.25) is 4.79 Å². The number of likely N-dealkylation sites (N-methyl/N-ethyl adjacent to an activating group) is 1. The lowest BCUT2D eigenvalue weighted by atomic mass is 10.1. The van der Waals surface area contributed by atoms with Crippen LogP contribution in [0, 0.1) is 0 Å². The predicted molar refractivity (Wildman–Crippen MR) is 109 cm³/mol. The number of thioether (sulfide) groups is 1. The number of hydrogen-bond donors (Lipinski definition) is 1. The van der Waals surface area contributed by atoms with Gasteiger partial charge in [0.1, 0.15) is 18.2 Å². The Balaban J connectivity index is 1.83. The summed E-state index contributed by atoms with van der Waals surface area (Å²) in [5, 5.41) is -0.0649. The molecule has 2 aromatic rings. The molecule has 1 unspecified atom stereocenters. The topological polar surface area (TPSA) is 68.5 Å². The highest BCUT2D eigenvalue weighted by atomic mass is 32.2. The zero-order chi connectivity index (χ0) is 18.9. The number of ether oxygens (including phenoxy) is 1. The first-order valence-corrected chi connectivity index (χ1v) is 9.29. The zero-order valence-electron chi connectivity index (χ0n) is 15.2. The molecule has 1 atom stereocenters. The normalized spacial score (nSPS) is 11.6. The van der Waals surface area contributed by atoms with E-state index in [1.165, 1.54) is 11.8 Å². The number of carbonyl (C=O) groups is 1. The molecule has 0 amide bonds. The van der Waals surface area contributed by atoms with Gasteiger partial charge in [0, 0.05) is 25.9 Å². The molecular formula is C20H25N3O2S. The van der Waals surface area contributed by atoms with Crippen molar-refractivity contribution in [3.05, 3.63) is 66.5 Å². The molecule has 138 valence electrons. The molecule has 0 spiro atoms. The van der Waals surface area contributed by atoms with Crippen LogP contribution in [0.25, 0.3) is 0 Å². The minimum Gasteiger partial charge on any atom is -0.492 e. The quantitative estimate of drug-likeness (QED) is 0.730. The van der Waals surface area contributed by atoms with Crippen molar-refractivity contribution in [3.8, 4) is 5.75 Å². The van der Waals surface area contributed by atoms with Gasteiger partial charge in [-0.15, -0.1) is 0 Å². The molecule has 0 aliphatic rings. The Morgan fingerprint density at radius 2 is 2.04 bits per heavy atom. The first-order valence-electron chi connectivity index (χ1n) is 8.41. The molecule has 0 saturated heterocycles. The Kier molecular flexibility index (Phi) is 7.53. The average Bonchev–Trinajstić information content (AvgIpc) is 2.62. The monoisotopic (exact) mass is 371 g/mol. The van der Waals surface area contributed by atoms with Crippen molar-refractivity contribution in [2.75, 3.05) is 25.1 Å². The number of benzene rings is 1. The largest absolute Gasteiger partial charge is 0.492 e. The SMILES string of the molecule is C=C(N)C(Cc1ccc(OCCN(C)c2ccccn2)cc1)SC(C)=O. The molecule has 0 aliphatic heterocycles. The van der Waals surface area contributed by atoms with Crippen LogP contribution >= 0.6 is 11.8 Å². The summed E-state index contributed by atoms with van der Waals surface area (Å²) in [4.78, 5) is 17.7. The van der Waals surface area contributed by atoms with Crippen molar-refractivity contribution in [3.63, 3.8) is 0 Å². The Morgan fingerprint density at radius 3 is 2.62 bits per heavy atom. The van der Waals surface area contributed by atoms with E-state index in [2.05, 4.69) is 11.6 Å². The number of carbonyl (C=O) groups excluding carboxylic acids is 1. The third kappa shape index (κ3) is 6.44. The fourth-order valence-corrected chi connectivity index (χ4v) is 3.21. The van der Waals surface area contributed by atoms with E-state index in [1.54, 1.807) is 13.1 Å². The van der Waals surface area contributed by atoms with Crippen LogP contribution in [0.4, 0.5) is 5.82 Å². The van der Waals surface area contributed by atoms with Gasteiger partial charge in [-0.25, -0.2) is 4.98 Å². The smallest absolute Gasteiger partial charge is 0.186 e. The third-order valence-electron chi connectivity index (χ3n) is 3.80. The maximum atomic E-state index is 11.3. The summed E-state index contributed by atoms with van der Waals surface area (Å²) in [7, 11) is 1.99. The van der Waals surface area contributed by atoms with Crippen molar-refractivity contribution in [2.24, 2.45) is 5.73 Å². The molecule has 2 rings (SSSR count). The Hall–Kier alpha value is -2.47. The van der Waals surface area contributed by atoms with E-state index in [0.29, 0.717) is 18.7 Å². The van der Waals surface area contributed by atoms with Crippen molar-refractivity contribution in [2.45, 2.75) is 18.6 Å². The predicted octanol–water partition coefficient (Wildman–Crippen LogP) is 3.26. The lowest BCUT2D eigenvalue weighted by Crippen LogP contribution is -2.24. The fraction of sp³-hybridized carbons (Fsp3) is 0.300. The number of anilines is 1. The van der Waals surface area contributed by atoms with E-state index in [-0.39, 0.29) is 10.4 Å². The van der Waals surface area contributed by atoms with Crippen molar-refractivity contribution >= 4 is 22.7 Å². The Bertz CT molecular complexity index is 720. The fourth-order valence-electron chi connectivity index (χ4n) is 2.38. The van der Waals surface area contributed by atoms with Gasteiger partial charge in [0.25, 0.3) is 0 Å². The van der Waals surface area contributed by atoms with Gasteiger partial charge in [0.2, 0.25) is 0 Å². The van der Waals surface area contributed by atoms with Crippen LogP contribution < -0.4 is 15.4 Å². The van der Waals surface area contributed by atoms with Gasteiger partial charge in [0.15, 0.2) is 5.12 Å². The highest BCUT2D eigenvalue weighted by Gasteiger charge is 2.14. The van der Waals surface area contributed by atoms with Crippen LogP contribution in [0.15, 0.2) is 60.9 Å². The van der Waals surface area contributed by atoms with Gasteiger partial charge in [-0.05, 0) is 36.2 Å². The maximum absolute atomic E-state index is 11.3. The summed E-state index contributed by atoms with van der Waals surface area (Å²) in [6.07, 6.45) is 2.45. The number of nitrogens with zero attached hydrogens (tertiary/aromatic N) is 2. The van der Waals surface area contributed by atoms with Crippen LogP contribution in [-0.2, 0) is 11.2 Å². The summed E-state index contributed by atoms with van der Waals surface area (Å²) in [6.45, 7) is 6.62. The summed E-state index contributed by atoms with van der Waals surface area (Å²) in [6, 6.07) is 13.7. The molecule has 0 fully saturated rings. The van der Waals surface area contributed by atoms with Gasteiger partial charge in [-0.2, -0.15) is 0 Å². The molecule has 6 heteroatoms. The molecule has 0 saturated carbocycles. The van der Waals surface area contributed by atoms with E-state index < -0.39 is 0 Å². The van der Waals surface area contributed by atoms with Gasteiger partial charge in [0.05, 0.1) is 11.8 Å². The highest BCUT2D eigenvalue weighted by molar-refractivity contribution is 8.14. The number of hydrogen-bond acceptors (Lipinski definition) is 6. The minimum atomic E-state index is -0.105. The van der Waals surface area contributed by atoms with Gasteiger partial charge in [-0.1, -0.05) is 36.5 Å². The molecule has 1 aromatic carbocycles. The molecule has 2 N–H and O–H groups in total. The van der Waals surface area contributed by atoms with Crippen molar-refractivity contribution in [1.29, 1.82) is 0 Å². The van der Waals surface area contributed by atoms with E-state index >= 15 is 0 Å². The van der Waals surface area contributed by atoms with E-state index in [9.17, 15) is 4.79 Å². The molecule has 0 bridgehead atoms. The van der Waals surface area contributed by atoms with Crippen LogP contribution in [-0.4, -0.2) is 35.5 Å². The second-order valence-electron chi connectivity index (χ2n) is 5.98. The summed E-state index contributed by atoms with van der Waals surface area (Å²) in [5.41, 5.74) is 7.41. The van der Waals surface area contributed by atoms with Gasteiger partial charge >= 0.3 is 0 Å². The van der Waals surface area contributed by atoms with Crippen LogP contribution in [0.2, 0.25) is 0 Å². The number of aromatic nitrogens is 1. The number of pyridine rings is 1. The van der Waals surface area contributed by atoms with Crippen LogP contribution in [0.1, 0.15) is 12.5 Å². The lowest BCUT2D eigenvalue weighted by Gasteiger charge is -2.18. The molecule has 1 heterocycles. The second-order valence-corrected chi connectivity index (χ2v) is 7.36. The molecular weight excluding hydrogens is 346 g/mol. The summed E-state index contributed by atoms with van der Waals surface area (Å²) < 4.78 is 5.80. The molecule has 1 aromatic heterocycles. The molecule has 0 radical (unpaired) electrons. The van der Waals surface area contributed by atoms with E-state index in [0.717, 1.165) is 23.7 Å². The van der Waals surface area contributed by atoms with Crippen molar-refractivity contribution in [1.82, 2.24) is 4.98 Å². The zero-order valence-corrected chi connectivity index (χ0v) is 16.0. The van der Waals surface area contributed by atoms with Crippen molar-refractivity contribution < 1.29 is 9.53 Å². The first-order chi connectivity index (χ1) is 12.5. The number of nitrogens with two attached hydrogens (primary N) is 1. The van der Waals surface area contributed by atoms with Crippen LogP contribution in [0.3, 0.4) is 0 Å². The maximum Gasteiger partial charge on any atom is 0.186 e. The van der Waals surface area contributed by atoms with E-state index in [4.69, 9.17) is 10.5 Å². The third-order valence-corrected chi connectivity index (χ3v) is 4.89. The molecule has 0 aliphatic carbocycles. The minimum absolute atomic E-state index is 0.0404. The summed E-state index contributed by atoms with van der Waals surface area (Å²) in [5.74, 6) is 1.73. The highest BCUT2D eigenvalue weighted by Crippen LogP contribution is 2.22. The molecule has 5 nitrogen and oxygen atoms in total. The number of rotatable bonds is 9. The van der Waals surface area contributed by atoms with E-state index in [1.807, 2.05) is 54.4 Å². The first kappa shape index (κ1) is 19.8. The second kappa shape index (κ2) is 9.87. The average molecular weight is 372 g/mol.